The number of carbonyl (C=O) groups excluding carboxylic acids is 1. The van der Waals surface area contributed by atoms with Crippen molar-refractivity contribution in [3.8, 4) is 5.75 Å². The lowest BCUT2D eigenvalue weighted by Crippen LogP contribution is -2.29. The largest absolute Gasteiger partial charge is 0.483 e. The van der Waals surface area contributed by atoms with Gasteiger partial charge in [-0.25, -0.2) is 0 Å². The van der Waals surface area contributed by atoms with Gasteiger partial charge in [0.2, 0.25) is 0 Å². The minimum absolute atomic E-state index is 0.0241. The second-order valence-corrected chi connectivity index (χ2v) is 3.85. The highest BCUT2D eigenvalue weighted by atomic mass is 16.5. The van der Waals surface area contributed by atoms with E-state index in [4.69, 9.17) is 4.74 Å². The molecule has 0 aliphatic rings. The van der Waals surface area contributed by atoms with E-state index in [1.165, 1.54) is 0 Å². The third-order valence-electron chi connectivity index (χ3n) is 2.30. The molecule has 0 aliphatic carbocycles. The van der Waals surface area contributed by atoms with Crippen LogP contribution < -0.4 is 10.1 Å². The molecule has 0 saturated carbocycles. The van der Waals surface area contributed by atoms with Crippen LogP contribution in [0.1, 0.15) is 31.9 Å². The summed E-state index contributed by atoms with van der Waals surface area (Å²) in [4.78, 5) is 11.4. The molecule has 0 aliphatic heterocycles. The molecule has 2 N–H and O–H groups in total. The smallest absolute Gasteiger partial charge is 0.257 e. The zero-order chi connectivity index (χ0) is 12.7. The minimum atomic E-state index is -0.607. The van der Waals surface area contributed by atoms with Gasteiger partial charge in [0.25, 0.3) is 5.91 Å². The number of benzene rings is 1. The number of hydrogen-bond acceptors (Lipinski definition) is 3. The Morgan fingerprint density at radius 3 is 2.82 bits per heavy atom. The molecular weight excluding hydrogens is 218 g/mol. The molecular formula is C13H19NO3. The van der Waals surface area contributed by atoms with Crippen molar-refractivity contribution in [2.75, 3.05) is 13.2 Å². The van der Waals surface area contributed by atoms with Crippen molar-refractivity contribution >= 4 is 5.91 Å². The molecule has 1 amide bonds. The van der Waals surface area contributed by atoms with Crippen LogP contribution in [0.15, 0.2) is 24.3 Å². The summed E-state index contributed by atoms with van der Waals surface area (Å²) in [6, 6.07) is 7.16. The molecule has 4 nitrogen and oxygen atoms in total. The fourth-order valence-corrected chi connectivity index (χ4v) is 1.42. The summed E-state index contributed by atoms with van der Waals surface area (Å²) in [6.45, 7) is 4.28. The monoisotopic (exact) mass is 237 g/mol. The van der Waals surface area contributed by atoms with E-state index in [2.05, 4.69) is 5.32 Å². The van der Waals surface area contributed by atoms with E-state index in [1.807, 2.05) is 19.1 Å². The van der Waals surface area contributed by atoms with Gasteiger partial charge in [0, 0.05) is 12.1 Å². The van der Waals surface area contributed by atoms with Gasteiger partial charge in [0.1, 0.15) is 5.75 Å². The van der Waals surface area contributed by atoms with Crippen LogP contribution in [0.2, 0.25) is 0 Å². The van der Waals surface area contributed by atoms with E-state index in [9.17, 15) is 9.90 Å². The van der Waals surface area contributed by atoms with E-state index in [-0.39, 0.29) is 12.5 Å². The summed E-state index contributed by atoms with van der Waals surface area (Å²) in [7, 11) is 0. The molecule has 94 valence electrons. The van der Waals surface area contributed by atoms with Crippen LogP contribution in [-0.4, -0.2) is 24.2 Å². The van der Waals surface area contributed by atoms with E-state index in [0.29, 0.717) is 17.9 Å². The normalized spacial score (nSPS) is 11.9. The maximum Gasteiger partial charge on any atom is 0.257 e. The number of ether oxygens (including phenoxy) is 1. The minimum Gasteiger partial charge on any atom is -0.483 e. The van der Waals surface area contributed by atoms with Crippen LogP contribution in [0.5, 0.6) is 5.75 Å². The molecule has 1 rings (SSSR count). The summed E-state index contributed by atoms with van der Waals surface area (Å²) in [5.41, 5.74) is 0.691. The summed E-state index contributed by atoms with van der Waals surface area (Å²) < 4.78 is 5.39. The lowest BCUT2D eigenvalue weighted by molar-refractivity contribution is -0.123. The fourth-order valence-electron chi connectivity index (χ4n) is 1.42. The van der Waals surface area contributed by atoms with Crippen molar-refractivity contribution in [3.63, 3.8) is 0 Å². The second kappa shape index (κ2) is 6.91. The number of hydrogen-bond donors (Lipinski definition) is 2. The average Bonchev–Trinajstić information content (AvgIpc) is 2.34. The van der Waals surface area contributed by atoms with Crippen LogP contribution in [0, 0.1) is 0 Å². The van der Waals surface area contributed by atoms with Crippen molar-refractivity contribution in [1.82, 2.24) is 5.32 Å². The maximum atomic E-state index is 11.4. The first-order valence-corrected chi connectivity index (χ1v) is 5.81. The molecule has 0 radical (unpaired) electrons. The molecule has 0 aromatic heterocycles. The highest BCUT2D eigenvalue weighted by Crippen LogP contribution is 2.24. The van der Waals surface area contributed by atoms with Gasteiger partial charge in [-0.3, -0.25) is 4.79 Å². The lowest BCUT2D eigenvalue weighted by atomic mass is 10.1. The Kier molecular flexibility index (Phi) is 5.49. The van der Waals surface area contributed by atoms with Crippen LogP contribution >= 0.6 is 0 Å². The molecule has 17 heavy (non-hydrogen) atoms. The third-order valence-corrected chi connectivity index (χ3v) is 2.30. The van der Waals surface area contributed by atoms with Crippen LogP contribution in [-0.2, 0) is 4.79 Å². The number of amides is 1. The van der Waals surface area contributed by atoms with Crippen LogP contribution in [0.3, 0.4) is 0 Å². The van der Waals surface area contributed by atoms with Gasteiger partial charge in [0.05, 0.1) is 6.10 Å². The Morgan fingerprint density at radius 1 is 1.47 bits per heavy atom. The molecule has 0 heterocycles. The quantitative estimate of drug-likeness (QED) is 0.791. The average molecular weight is 237 g/mol. The SMILES string of the molecule is CCCNC(=O)COc1ccccc1[C@H](C)O. The molecule has 0 spiro atoms. The zero-order valence-corrected chi connectivity index (χ0v) is 10.3. The fraction of sp³-hybridized carbons (Fsp3) is 0.462. The van der Waals surface area contributed by atoms with E-state index in [0.717, 1.165) is 6.42 Å². The number of carbonyl (C=O) groups is 1. The second-order valence-electron chi connectivity index (χ2n) is 3.85. The van der Waals surface area contributed by atoms with Gasteiger partial charge >= 0.3 is 0 Å². The highest BCUT2D eigenvalue weighted by Gasteiger charge is 2.09. The van der Waals surface area contributed by atoms with Crippen LogP contribution in [0.25, 0.3) is 0 Å². The first kappa shape index (κ1) is 13.5. The van der Waals surface area contributed by atoms with Crippen molar-refractivity contribution in [2.24, 2.45) is 0 Å². The topological polar surface area (TPSA) is 58.6 Å². The molecule has 0 bridgehead atoms. The Bertz CT molecular complexity index is 363. The van der Waals surface area contributed by atoms with Crippen molar-refractivity contribution in [2.45, 2.75) is 26.4 Å². The van der Waals surface area contributed by atoms with Gasteiger partial charge in [-0.05, 0) is 19.4 Å². The van der Waals surface area contributed by atoms with Gasteiger partial charge in [0.15, 0.2) is 6.61 Å². The Balaban J connectivity index is 2.54. The highest BCUT2D eigenvalue weighted by molar-refractivity contribution is 5.77. The van der Waals surface area contributed by atoms with Gasteiger partial charge in [-0.15, -0.1) is 0 Å². The molecule has 0 unspecified atom stereocenters. The predicted octanol–water partition coefficient (Wildman–Crippen LogP) is 1.64. The first-order chi connectivity index (χ1) is 8.15. The molecule has 1 atom stereocenters. The number of nitrogens with one attached hydrogen (secondary N) is 1. The van der Waals surface area contributed by atoms with Crippen molar-refractivity contribution in [1.29, 1.82) is 0 Å². The van der Waals surface area contributed by atoms with Crippen LogP contribution in [0.4, 0.5) is 0 Å². The molecule has 0 fully saturated rings. The molecule has 1 aromatic rings. The van der Waals surface area contributed by atoms with E-state index < -0.39 is 6.10 Å². The molecule has 0 saturated heterocycles. The summed E-state index contributed by atoms with van der Waals surface area (Å²) >= 11 is 0. The first-order valence-electron chi connectivity index (χ1n) is 5.81. The summed E-state index contributed by atoms with van der Waals surface area (Å²) in [5.74, 6) is 0.404. The molecule has 4 heteroatoms. The number of rotatable bonds is 6. The standard InChI is InChI=1S/C13H19NO3/c1-3-8-14-13(16)9-17-12-7-5-4-6-11(12)10(2)15/h4-7,10,15H,3,8-9H2,1-2H3,(H,14,16)/t10-/m0/s1. The van der Waals surface area contributed by atoms with Gasteiger partial charge < -0.3 is 15.2 Å². The van der Waals surface area contributed by atoms with E-state index in [1.54, 1.807) is 19.1 Å². The Hall–Kier alpha value is -1.55. The van der Waals surface area contributed by atoms with Gasteiger partial charge in [-0.1, -0.05) is 25.1 Å². The van der Waals surface area contributed by atoms with Gasteiger partial charge in [-0.2, -0.15) is 0 Å². The van der Waals surface area contributed by atoms with Crippen molar-refractivity contribution < 1.29 is 14.6 Å². The summed E-state index contributed by atoms with van der Waals surface area (Å²) in [5, 5.41) is 12.3. The van der Waals surface area contributed by atoms with Crippen molar-refractivity contribution in [3.05, 3.63) is 29.8 Å². The molecule has 1 aromatic carbocycles. The predicted molar refractivity (Wildman–Crippen MR) is 65.9 cm³/mol. The Morgan fingerprint density at radius 2 is 2.18 bits per heavy atom. The number of aliphatic hydroxyl groups excluding tert-OH is 1. The third kappa shape index (κ3) is 4.44. The zero-order valence-electron chi connectivity index (χ0n) is 10.3. The summed E-state index contributed by atoms with van der Waals surface area (Å²) in [6.07, 6.45) is 0.292. The number of para-hydroxylation sites is 1. The number of aliphatic hydroxyl groups is 1. The lowest BCUT2D eigenvalue weighted by Gasteiger charge is -2.12. The maximum absolute atomic E-state index is 11.4. The van der Waals surface area contributed by atoms with E-state index >= 15 is 0 Å². The Labute approximate surface area is 102 Å².